The van der Waals surface area contributed by atoms with E-state index in [2.05, 4.69) is 52.3 Å². The van der Waals surface area contributed by atoms with Gasteiger partial charge in [-0.25, -0.2) is 0 Å². The van der Waals surface area contributed by atoms with Crippen molar-refractivity contribution in [3.8, 4) is 0 Å². The molecule has 2 heterocycles. The minimum Gasteiger partial charge on any atom is -0.379 e. The van der Waals surface area contributed by atoms with Gasteiger partial charge in [-0.05, 0) is 31.9 Å². The predicted octanol–water partition coefficient (Wildman–Crippen LogP) is 0.997. The number of amides is 1. The van der Waals surface area contributed by atoms with Crippen LogP contribution in [0.3, 0.4) is 0 Å². The van der Waals surface area contributed by atoms with Crippen LogP contribution in [-0.2, 0) is 4.74 Å². The van der Waals surface area contributed by atoms with Gasteiger partial charge >= 0.3 is 0 Å². The Kier molecular flexibility index (Phi) is 5.16. The summed E-state index contributed by atoms with van der Waals surface area (Å²) >= 11 is 6.54. The van der Waals surface area contributed by atoms with Crippen molar-refractivity contribution in [1.29, 1.82) is 0 Å². The minimum atomic E-state index is -0.183. The van der Waals surface area contributed by atoms with E-state index in [1.165, 1.54) is 0 Å². The number of morpholine rings is 1. The molecule has 1 aliphatic rings. The van der Waals surface area contributed by atoms with E-state index in [9.17, 15) is 4.79 Å². The molecule has 2 rings (SSSR count). The van der Waals surface area contributed by atoms with Crippen molar-refractivity contribution in [3.05, 3.63) is 14.8 Å². The van der Waals surface area contributed by atoms with Crippen LogP contribution in [0.5, 0.6) is 0 Å². The number of carbonyl (C=O) groups excluding carboxylic acids is 1. The van der Waals surface area contributed by atoms with E-state index in [0.717, 1.165) is 32.8 Å². The zero-order valence-electron chi connectivity index (χ0n) is 9.71. The molecule has 0 atom stereocenters. The molecule has 1 fully saturated rings. The lowest BCUT2D eigenvalue weighted by Crippen LogP contribution is -2.41. The second-order valence-corrected chi connectivity index (χ2v) is 5.50. The minimum absolute atomic E-state index is 0.183. The van der Waals surface area contributed by atoms with E-state index in [-0.39, 0.29) is 5.91 Å². The number of halogens is 2. The van der Waals surface area contributed by atoms with Crippen LogP contribution < -0.4 is 5.32 Å². The topological polar surface area (TPSA) is 70.2 Å². The zero-order chi connectivity index (χ0) is 13.0. The largest absolute Gasteiger partial charge is 0.379 e. The lowest BCUT2D eigenvalue weighted by Gasteiger charge is -2.26. The van der Waals surface area contributed by atoms with Crippen LogP contribution in [0.15, 0.2) is 9.08 Å². The van der Waals surface area contributed by atoms with E-state index in [0.29, 0.717) is 21.3 Å². The molecule has 0 spiro atoms. The van der Waals surface area contributed by atoms with E-state index in [1.807, 2.05) is 0 Å². The maximum absolute atomic E-state index is 11.8. The summed E-state index contributed by atoms with van der Waals surface area (Å²) < 4.78 is 6.57. The first-order chi connectivity index (χ1) is 8.68. The number of aromatic nitrogens is 2. The number of hydrogen-bond donors (Lipinski definition) is 2. The van der Waals surface area contributed by atoms with E-state index in [1.54, 1.807) is 0 Å². The number of aromatic amines is 1. The molecule has 100 valence electrons. The third-order valence-electron chi connectivity index (χ3n) is 2.70. The van der Waals surface area contributed by atoms with Gasteiger partial charge in [0.2, 0.25) is 0 Å². The fraction of sp³-hybridized carbons (Fsp3) is 0.600. The molecule has 8 heteroatoms. The number of nitrogens with zero attached hydrogens (tertiary/aromatic N) is 2. The molecule has 6 nitrogen and oxygen atoms in total. The maximum Gasteiger partial charge on any atom is 0.273 e. The number of ether oxygens (including phenoxy) is 1. The molecule has 0 bridgehead atoms. The average Bonchev–Trinajstić information content (AvgIpc) is 2.71. The fourth-order valence-electron chi connectivity index (χ4n) is 1.69. The highest BCUT2D eigenvalue weighted by Crippen LogP contribution is 2.23. The lowest BCUT2D eigenvalue weighted by molar-refractivity contribution is 0.0383. The van der Waals surface area contributed by atoms with Crippen molar-refractivity contribution < 1.29 is 9.53 Å². The first kappa shape index (κ1) is 14.0. The Morgan fingerprint density at radius 3 is 2.78 bits per heavy atom. The van der Waals surface area contributed by atoms with Crippen LogP contribution in [0.25, 0.3) is 0 Å². The van der Waals surface area contributed by atoms with Crippen molar-refractivity contribution in [3.63, 3.8) is 0 Å². The Labute approximate surface area is 122 Å². The molecule has 2 N–H and O–H groups in total. The van der Waals surface area contributed by atoms with Crippen molar-refractivity contribution in [2.75, 3.05) is 39.4 Å². The molecule has 18 heavy (non-hydrogen) atoms. The Bertz CT molecular complexity index is 418. The smallest absolute Gasteiger partial charge is 0.273 e. The number of rotatable bonds is 4. The maximum atomic E-state index is 11.8. The summed E-state index contributed by atoms with van der Waals surface area (Å²) in [6.07, 6.45) is 0. The summed E-state index contributed by atoms with van der Waals surface area (Å²) in [5, 5.41) is 9.45. The molecule has 1 aliphatic heterocycles. The van der Waals surface area contributed by atoms with Crippen molar-refractivity contribution in [2.45, 2.75) is 0 Å². The monoisotopic (exact) mass is 380 g/mol. The van der Waals surface area contributed by atoms with Crippen LogP contribution in [0.1, 0.15) is 10.5 Å². The van der Waals surface area contributed by atoms with E-state index < -0.39 is 0 Å². The van der Waals surface area contributed by atoms with Gasteiger partial charge < -0.3 is 10.1 Å². The fourth-order valence-corrected chi connectivity index (χ4v) is 2.33. The molecule has 1 aromatic rings. The van der Waals surface area contributed by atoms with Gasteiger partial charge in [0.15, 0.2) is 5.69 Å². The summed E-state index contributed by atoms with van der Waals surface area (Å²) in [4.78, 5) is 14.1. The molecule has 1 saturated heterocycles. The van der Waals surface area contributed by atoms with Gasteiger partial charge in [-0.15, -0.1) is 0 Å². The molecule has 1 amide bonds. The van der Waals surface area contributed by atoms with Gasteiger partial charge in [0.25, 0.3) is 5.91 Å². The van der Waals surface area contributed by atoms with E-state index in [4.69, 9.17) is 4.74 Å². The summed E-state index contributed by atoms with van der Waals surface area (Å²) in [6, 6.07) is 0. The SMILES string of the molecule is O=C(NCCN1CCOCC1)c1n[nH]c(Br)c1Br. The quantitative estimate of drug-likeness (QED) is 0.816. The van der Waals surface area contributed by atoms with Crippen LogP contribution >= 0.6 is 31.9 Å². The van der Waals surface area contributed by atoms with E-state index >= 15 is 0 Å². The van der Waals surface area contributed by atoms with Crippen molar-refractivity contribution in [1.82, 2.24) is 20.4 Å². The molecule has 0 saturated carbocycles. The second kappa shape index (κ2) is 6.65. The first-order valence-electron chi connectivity index (χ1n) is 5.66. The van der Waals surface area contributed by atoms with Crippen LogP contribution in [0.2, 0.25) is 0 Å². The first-order valence-corrected chi connectivity index (χ1v) is 7.24. The molecule has 1 aromatic heterocycles. The van der Waals surface area contributed by atoms with Crippen molar-refractivity contribution in [2.24, 2.45) is 0 Å². The van der Waals surface area contributed by atoms with Gasteiger partial charge in [0.05, 0.1) is 17.7 Å². The molecular weight excluding hydrogens is 368 g/mol. The Morgan fingerprint density at radius 1 is 1.44 bits per heavy atom. The second-order valence-electron chi connectivity index (χ2n) is 3.91. The third-order valence-corrected chi connectivity index (χ3v) is 4.58. The van der Waals surface area contributed by atoms with Crippen LogP contribution in [-0.4, -0.2) is 60.4 Å². The molecular formula is C10H14Br2N4O2. The van der Waals surface area contributed by atoms with Gasteiger partial charge in [0.1, 0.15) is 4.60 Å². The van der Waals surface area contributed by atoms with Crippen LogP contribution in [0, 0.1) is 0 Å². The van der Waals surface area contributed by atoms with Gasteiger partial charge in [-0.3, -0.25) is 14.8 Å². The van der Waals surface area contributed by atoms with Gasteiger partial charge in [0, 0.05) is 26.2 Å². The molecule has 0 aliphatic carbocycles. The van der Waals surface area contributed by atoms with Crippen molar-refractivity contribution >= 4 is 37.8 Å². The number of nitrogens with one attached hydrogen (secondary N) is 2. The predicted molar refractivity (Wildman–Crippen MR) is 73.6 cm³/mol. The summed E-state index contributed by atoms with van der Waals surface area (Å²) in [7, 11) is 0. The molecule has 0 unspecified atom stereocenters. The van der Waals surface area contributed by atoms with Gasteiger partial charge in [-0.2, -0.15) is 5.10 Å². The molecule has 0 aromatic carbocycles. The van der Waals surface area contributed by atoms with Crippen LogP contribution in [0.4, 0.5) is 0 Å². The molecule has 0 radical (unpaired) electrons. The third kappa shape index (κ3) is 3.53. The normalized spacial score (nSPS) is 16.8. The lowest BCUT2D eigenvalue weighted by atomic mass is 10.4. The summed E-state index contributed by atoms with van der Waals surface area (Å²) in [6.45, 7) is 4.83. The summed E-state index contributed by atoms with van der Waals surface area (Å²) in [5.74, 6) is -0.183. The number of H-pyrrole nitrogens is 1. The summed E-state index contributed by atoms with van der Waals surface area (Å²) in [5.41, 5.74) is 0.365. The Hall–Kier alpha value is -0.440. The number of hydrogen-bond acceptors (Lipinski definition) is 4. The van der Waals surface area contributed by atoms with Gasteiger partial charge in [-0.1, -0.05) is 0 Å². The Balaban J connectivity index is 1.76. The highest BCUT2D eigenvalue weighted by molar-refractivity contribution is 9.13. The zero-order valence-corrected chi connectivity index (χ0v) is 12.9. The standard InChI is InChI=1S/C10H14Br2N4O2/c11-7-8(14-15-9(7)12)10(17)13-1-2-16-3-5-18-6-4-16/h1-6H2,(H,13,17)(H,14,15). The highest BCUT2D eigenvalue weighted by Gasteiger charge is 2.16. The average molecular weight is 382 g/mol. The number of carbonyl (C=O) groups is 1. The Morgan fingerprint density at radius 2 is 2.17 bits per heavy atom. The highest BCUT2D eigenvalue weighted by atomic mass is 79.9.